The summed E-state index contributed by atoms with van der Waals surface area (Å²) in [5.74, 6) is -0.221. The minimum absolute atomic E-state index is 0.215. The molecule has 1 atom stereocenters. The van der Waals surface area contributed by atoms with Crippen molar-refractivity contribution in [3.63, 3.8) is 0 Å². The molecule has 1 unspecified atom stereocenters. The second-order valence-electron chi connectivity index (χ2n) is 9.34. The van der Waals surface area contributed by atoms with Gasteiger partial charge in [0.05, 0.1) is 6.61 Å². The number of nitrogens with zero attached hydrogens (tertiary/aromatic N) is 1. The van der Waals surface area contributed by atoms with Crippen molar-refractivity contribution in [1.82, 2.24) is 4.90 Å². The van der Waals surface area contributed by atoms with Crippen LogP contribution in [0, 0.1) is 0 Å². The fourth-order valence-corrected chi connectivity index (χ4v) is 3.45. The molecule has 2 aromatic carbocycles. The number of carbonyl (C=O) groups excluding carboxylic acids is 2. The van der Waals surface area contributed by atoms with Gasteiger partial charge in [-0.2, -0.15) is 0 Å². The van der Waals surface area contributed by atoms with Crippen LogP contribution in [0.4, 0.5) is 16.2 Å². The zero-order valence-corrected chi connectivity index (χ0v) is 20.2. The van der Waals surface area contributed by atoms with Gasteiger partial charge in [0, 0.05) is 36.6 Å². The Morgan fingerprint density at radius 2 is 1.79 bits per heavy atom. The first-order valence-corrected chi connectivity index (χ1v) is 11.7. The van der Waals surface area contributed by atoms with Crippen LogP contribution >= 0.6 is 0 Å². The number of nitrogens with two attached hydrogens (primary N) is 1. The van der Waals surface area contributed by atoms with Crippen molar-refractivity contribution in [2.24, 2.45) is 0 Å². The molecule has 1 fully saturated rings. The summed E-state index contributed by atoms with van der Waals surface area (Å²) in [6.07, 6.45) is 2.38. The van der Waals surface area contributed by atoms with Crippen LogP contribution in [-0.4, -0.2) is 48.5 Å². The summed E-state index contributed by atoms with van der Waals surface area (Å²) >= 11 is 0. The average molecular weight is 470 g/mol. The van der Waals surface area contributed by atoms with Gasteiger partial charge < -0.3 is 30.2 Å². The first-order chi connectivity index (χ1) is 16.2. The van der Waals surface area contributed by atoms with Crippen LogP contribution < -0.4 is 11.1 Å². The quantitative estimate of drug-likeness (QED) is 0.538. The van der Waals surface area contributed by atoms with Crippen molar-refractivity contribution < 1.29 is 23.8 Å². The van der Waals surface area contributed by atoms with Gasteiger partial charge in [-0.1, -0.05) is 12.1 Å². The molecule has 0 spiro atoms. The number of ether oxygens (including phenoxy) is 3. The molecule has 0 saturated carbocycles. The van der Waals surface area contributed by atoms with Gasteiger partial charge >= 0.3 is 6.09 Å². The van der Waals surface area contributed by atoms with Gasteiger partial charge in [-0.3, -0.25) is 4.79 Å². The normalized spacial score (nSPS) is 16.0. The topological polar surface area (TPSA) is 103 Å². The van der Waals surface area contributed by atoms with Crippen molar-refractivity contribution in [3.05, 3.63) is 59.7 Å². The van der Waals surface area contributed by atoms with Crippen molar-refractivity contribution in [1.29, 1.82) is 0 Å². The molecule has 3 rings (SSSR count). The maximum absolute atomic E-state index is 12.8. The third kappa shape index (κ3) is 8.35. The number of anilines is 2. The van der Waals surface area contributed by atoms with Gasteiger partial charge in [0.15, 0.2) is 6.29 Å². The third-order valence-electron chi connectivity index (χ3n) is 5.21. The zero-order chi connectivity index (χ0) is 24.6. The molecule has 2 aromatic rings. The lowest BCUT2D eigenvalue weighted by Gasteiger charge is -2.29. The number of nitrogen functional groups attached to an aromatic ring is 1. The highest BCUT2D eigenvalue weighted by molar-refractivity contribution is 6.04. The Kier molecular flexibility index (Phi) is 8.90. The Hall–Kier alpha value is -3.10. The fraction of sp³-hybridized carbons (Fsp3) is 0.462. The maximum atomic E-state index is 12.8. The lowest BCUT2D eigenvalue weighted by molar-refractivity contribution is -0.164. The molecule has 8 nitrogen and oxygen atoms in total. The van der Waals surface area contributed by atoms with Gasteiger partial charge in [0.25, 0.3) is 5.91 Å². The summed E-state index contributed by atoms with van der Waals surface area (Å²) in [7, 11) is 0. The van der Waals surface area contributed by atoms with Gasteiger partial charge in [-0.05, 0) is 82.0 Å². The monoisotopic (exact) mass is 469 g/mol. The first-order valence-electron chi connectivity index (χ1n) is 11.7. The molecule has 1 aliphatic rings. The van der Waals surface area contributed by atoms with Crippen LogP contribution in [0.25, 0.3) is 0 Å². The van der Waals surface area contributed by atoms with E-state index < -0.39 is 11.7 Å². The van der Waals surface area contributed by atoms with E-state index in [1.54, 1.807) is 41.3 Å². The molecular formula is C26H35N3O5. The highest BCUT2D eigenvalue weighted by atomic mass is 16.7. The Balaban J connectivity index is 1.60. The highest BCUT2D eigenvalue weighted by Crippen LogP contribution is 2.17. The summed E-state index contributed by atoms with van der Waals surface area (Å²) in [6, 6.07) is 14.1. The number of amides is 2. The number of hydrogen-bond acceptors (Lipinski definition) is 6. The lowest BCUT2D eigenvalue weighted by atomic mass is 10.1. The molecule has 0 aliphatic carbocycles. The number of rotatable bonds is 8. The van der Waals surface area contributed by atoms with Crippen LogP contribution in [0.2, 0.25) is 0 Å². The molecule has 8 heteroatoms. The van der Waals surface area contributed by atoms with E-state index in [-0.39, 0.29) is 12.2 Å². The molecule has 3 N–H and O–H groups in total. The standard InChI is InChI=1S/C26H35N3O5/c1-26(2,3)34-25(31)29(15-17-33-23-6-4-5-16-32-23)18-19-7-9-20(10-8-19)24(30)28-22-13-11-21(27)12-14-22/h7-14,23H,4-6,15-18,27H2,1-3H3,(H,28,30). The van der Waals surface area contributed by atoms with E-state index in [0.717, 1.165) is 24.8 Å². The number of nitrogens with one attached hydrogen (secondary N) is 1. The van der Waals surface area contributed by atoms with E-state index in [1.807, 2.05) is 32.9 Å². The van der Waals surface area contributed by atoms with Crippen LogP contribution in [0.5, 0.6) is 0 Å². The molecule has 1 aliphatic heterocycles. The maximum Gasteiger partial charge on any atom is 0.410 e. The van der Waals surface area contributed by atoms with Crippen LogP contribution in [0.3, 0.4) is 0 Å². The minimum atomic E-state index is -0.604. The highest BCUT2D eigenvalue weighted by Gasteiger charge is 2.23. The van der Waals surface area contributed by atoms with Gasteiger partial charge in [0.1, 0.15) is 5.60 Å². The van der Waals surface area contributed by atoms with E-state index in [4.69, 9.17) is 19.9 Å². The van der Waals surface area contributed by atoms with Gasteiger partial charge in [-0.25, -0.2) is 4.79 Å². The van der Waals surface area contributed by atoms with E-state index in [1.165, 1.54) is 0 Å². The summed E-state index contributed by atoms with van der Waals surface area (Å²) in [4.78, 5) is 26.9. The van der Waals surface area contributed by atoms with E-state index >= 15 is 0 Å². The zero-order valence-electron chi connectivity index (χ0n) is 20.2. The Bertz CT molecular complexity index is 932. The number of hydrogen-bond donors (Lipinski definition) is 2. The summed E-state index contributed by atoms with van der Waals surface area (Å²) in [5.41, 5.74) is 7.78. The Morgan fingerprint density at radius 3 is 2.41 bits per heavy atom. The Labute approximate surface area is 201 Å². The van der Waals surface area contributed by atoms with E-state index in [2.05, 4.69) is 5.32 Å². The Morgan fingerprint density at radius 1 is 1.09 bits per heavy atom. The minimum Gasteiger partial charge on any atom is -0.444 e. The predicted molar refractivity (Wildman–Crippen MR) is 131 cm³/mol. The van der Waals surface area contributed by atoms with Gasteiger partial charge in [-0.15, -0.1) is 0 Å². The fourth-order valence-electron chi connectivity index (χ4n) is 3.45. The largest absolute Gasteiger partial charge is 0.444 e. The third-order valence-corrected chi connectivity index (χ3v) is 5.21. The summed E-state index contributed by atoms with van der Waals surface area (Å²) in [5, 5.41) is 2.84. The van der Waals surface area contributed by atoms with E-state index in [0.29, 0.717) is 43.2 Å². The SMILES string of the molecule is CC(C)(C)OC(=O)N(CCOC1CCCCO1)Cc1ccc(C(=O)Nc2ccc(N)cc2)cc1. The van der Waals surface area contributed by atoms with Gasteiger partial charge in [0.2, 0.25) is 0 Å². The molecule has 0 bridgehead atoms. The molecule has 0 radical (unpaired) electrons. The molecule has 2 amide bonds. The molecular weight excluding hydrogens is 434 g/mol. The molecule has 0 aromatic heterocycles. The van der Waals surface area contributed by atoms with Crippen molar-refractivity contribution in [2.45, 2.75) is 58.5 Å². The summed E-state index contributed by atoms with van der Waals surface area (Å²) < 4.78 is 17.0. The molecule has 1 heterocycles. The smallest absolute Gasteiger partial charge is 0.410 e. The van der Waals surface area contributed by atoms with Crippen molar-refractivity contribution in [2.75, 3.05) is 30.8 Å². The second kappa shape index (κ2) is 11.9. The van der Waals surface area contributed by atoms with Crippen LogP contribution in [0.1, 0.15) is 56.0 Å². The number of carbonyl (C=O) groups is 2. The molecule has 184 valence electrons. The molecule has 34 heavy (non-hydrogen) atoms. The first kappa shape index (κ1) is 25.5. The van der Waals surface area contributed by atoms with Crippen molar-refractivity contribution >= 4 is 23.4 Å². The average Bonchev–Trinajstić information content (AvgIpc) is 2.80. The summed E-state index contributed by atoms with van der Waals surface area (Å²) in [6.45, 7) is 7.28. The second-order valence-corrected chi connectivity index (χ2v) is 9.34. The van der Waals surface area contributed by atoms with E-state index in [9.17, 15) is 9.59 Å². The van der Waals surface area contributed by atoms with Crippen molar-refractivity contribution in [3.8, 4) is 0 Å². The predicted octanol–water partition coefficient (Wildman–Crippen LogP) is 4.80. The molecule has 1 saturated heterocycles. The lowest BCUT2D eigenvalue weighted by Crippen LogP contribution is -2.39. The number of benzene rings is 2. The van der Waals surface area contributed by atoms with Crippen LogP contribution in [-0.2, 0) is 20.8 Å². The van der Waals surface area contributed by atoms with Crippen LogP contribution in [0.15, 0.2) is 48.5 Å².